The number of fused-ring (bicyclic) bond motifs is 1. The van der Waals surface area contributed by atoms with Crippen LogP contribution in [0, 0.1) is 0 Å². The number of esters is 2. The number of nitrogens with zero attached hydrogens (tertiary/aromatic N) is 3. The highest BCUT2D eigenvalue weighted by Gasteiger charge is 2.29. The molecule has 1 fully saturated rings. The zero-order valence-electron chi connectivity index (χ0n) is 22.5. The van der Waals surface area contributed by atoms with Crippen LogP contribution in [0.25, 0.3) is 22.4 Å². The Morgan fingerprint density at radius 2 is 1.52 bits per heavy atom. The maximum absolute atomic E-state index is 14.2. The fraction of sp³-hybridized carbons (Fsp3) is 0.290. The van der Waals surface area contributed by atoms with Crippen LogP contribution in [0.5, 0.6) is 0 Å². The summed E-state index contributed by atoms with van der Waals surface area (Å²) < 4.78 is 11.7. The highest BCUT2D eigenvalue weighted by atomic mass is 35.5. The number of hydrogen-bond acceptors (Lipinski definition) is 6. The molecule has 0 aliphatic heterocycles. The molecule has 0 saturated heterocycles. The van der Waals surface area contributed by atoms with Gasteiger partial charge in [-0.3, -0.25) is 4.79 Å². The molecular weight excluding hydrogens is 530 g/mol. The summed E-state index contributed by atoms with van der Waals surface area (Å²) in [6, 6.07) is 21.8. The van der Waals surface area contributed by atoms with Crippen molar-refractivity contribution in [1.29, 1.82) is 0 Å². The molecule has 3 aromatic carbocycles. The average molecular weight is 562 g/mol. The van der Waals surface area contributed by atoms with Gasteiger partial charge < -0.3 is 18.9 Å². The summed E-state index contributed by atoms with van der Waals surface area (Å²) in [6.07, 6.45) is 5.06. The first kappa shape index (κ1) is 28.8. The maximum Gasteiger partial charge on any atom is 0.337 e. The number of amides is 1. The number of halogens is 1. The molecule has 0 bridgehead atoms. The number of anilines is 1. The molecule has 1 aliphatic rings. The Hall–Kier alpha value is -4.17. The van der Waals surface area contributed by atoms with Crippen molar-refractivity contribution in [2.45, 2.75) is 44.7 Å². The summed E-state index contributed by atoms with van der Waals surface area (Å²) in [5, 5.41) is 0. The number of para-hydroxylation sites is 2. The van der Waals surface area contributed by atoms with E-state index in [9.17, 15) is 14.4 Å². The number of imidazole rings is 1. The lowest BCUT2D eigenvalue weighted by atomic mass is 9.93. The fourth-order valence-corrected chi connectivity index (χ4v) is 5.34. The summed E-state index contributed by atoms with van der Waals surface area (Å²) in [6.45, 7) is 0.0630. The topological polar surface area (TPSA) is 90.7 Å². The van der Waals surface area contributed by atoms with Crippen LogP contribution in [0.4, 0.5) is 5.69 Å². The van der Waals surface area contributed by atoms with Crippen molar-refractivity contribution in [2.75, 3.05) is 19.1 Å². The van der Waals surface area contributed by atoms with Crippen LogP contribution in [-0.2, 0) is 20.8 Å². The summed E-state index contributed by atoms with van der Waals surface area (Å²) in [7, 11) is 2.70. The molecule has 0 N–H and O–H groups in total. The number of carbonyl (C=O) groups excluding carboxylic acids is 3. The van der Waals surface area contributed by atoms with Gasteiger partial charge in [-0.1, -0.05) is 49.6 Å². The van der Waals surface area contributed by atoms with Crippen molar-refractivity contribution in [3.8, 4) is 11.4 Å². The normalized spacial score (nSPS) is 13.3. The first-order chi connectivity index (χ1) is 19.0. The number of hydrogen-bond donors (Lipinski definition) is 0. The monoisotopic (exact) mass is 561 g/mol. The number of benzene rings is 3. The third-order valence-electron chi connectivity index (χ3n) is 7.27. The lowest BCUT2D eigenvalue weighted by Crippen LogP contribution is -2.43. The van der Waals surface area contributed by atoms with E-state index in [0.717, 1.165) is 48.7 Å². The first-order valence-electron chi connectivity index (χ1n) is 13.1. The minimum atomic E-state index is -0.439. The van der Waals surface area contributed by atoms with Gasteiger partial charge in [0.1, 0.15) is 12.4 Å². The molecule has 0 unspecified atom stereocenters. The number of methoxy groups -OCH3 is 2. The first-order valence-corrected chi connectivity index (χ1v) is 13.1. The molecule has 0 spiro atoms. The van der Waals surface area contributed by atoms with E-state index in [1.54, 1.807) is 30.3 Å². The standard InChI is InChI=1S/C31H31N3O5.ClH/c1-38-30(36)22-17-15-21(16-18-22)29-32-26-13-6-7-14-27(26)33(29)20-28(35)34(24-10-4-3-5-11-24)25-12-8-9-23(19-25)31(37)39-2;/h6-9,12-19,24H,3-5,10-11,20H2,1-2H3;1H. The molecular formula is C31H32ClN3O5. The van der Waals surface area contributed by atoms with Crippen LogP contribution in [0.2, 0.25) is 0 Å². The Bertz CT molecular complexity index is 1510. The maximum atomic E-state index is 14.2. The Morgan fingerprint density at radius 3 is 2.23 bits per heavy atom. The number of rotatable bonds is 7. The third kappa shape index (κ3) is 5.87. The van der Waals surface area contributed by atoms with Crippen molar-refractivity contribution in [1.82, 2.24) is 9.55 Å². The summed E-state index contributed by atoms with van der Waals surface area (Å²) >= 11 is 0. The van der Waals surface area contributed by atoms with Gasteiger partial charge in [0, 0.05) is 17.3 Å². The molecule has 1 heterocycles. The zero-order chi connectivity index (χ0) is 27.4. The Kier molecular flexibility index (Phi) is 9.22. The van der Waals surface area contributed by atoms with Gasteiger partial charge in [-0.2, -0.15) is 0 Å². The lowest BCUT2D eigenvalue weighted by Gasteiger charge is -2.35. The van der Waals surface area contributed by atoms with Crippen LogP contribution in [0.3, 0.4) is 0 Å². The molecule has 0 atom stereocenters. The van der Waals surface area contributed by atoms with Crippen LogP contribution in [-0.4, -0.2) is 47.7 Å². The molecule has 1 saturated carbocycles. The molecule has 40 heavy (non-hydrogen) atoms. The van der Waals surface area contributed by atoms with Crippen LogP contribution >= 0.6 is 12.4 Å². The minimum Gasteiger partial charge on any atom is -0.465 e. The molecule has 1 aliphatic carbocycles. The molecule has 208 valence electrons. The average Bonchev–Trinajstić information content (AvgIpc) is 3.35. The quantitative estimate of drug-likeness (QED) is 0.255. The Morgan fingerprint density at radius 1 is 0.850 bits per heavy atom. The van der Waals surface area contributed by atoms with Crippen LogP contribution < -0.4 is 4.90 Å². The zero-order valence-corrected chi connectivity index (χ0v) is 23.4. The fourth-order valence-electron chi connectivity index (χ4n) is 5.34. The van der Waals surface area contributed by atoms with E-state index in [0.29, 0.717) is 22.6 Å². The second kappa shape index (κ2) is 12.8. The minimum absolute atomic E-state index is 0. The molecule has 1 aromatic heterocycles. The van der Waals surface area contributed by atoms with Gasteiger partial charge in [-0.05, 0) is 55.3 Å². The molecule has 4 aromatic rings. The largest absolute Gasteiger partial charge is 0.465 e. The number of ether oxygens (including phenoxy) is 2. The van der Waals surface area contributed by atoms with Gasteiger partial charge in [-0.25, -0.2) is 14.6 Å². The summed E-state index contributed by atoms with van der Waals surface area (Å²) in [4.78, 5) is 45.1. The van der Waals surface area contributed by atoms with Gasteiger partial charge in [0.25, 0.3) is 0 Å². The van der Waals surface area contributed by atoms with E-state index in [1.807, 2.05) is 51.9 Å². The Balaban J connectivity index is 0.00000370. The van der Waals surface area contributed by atoms with E-state index in [1.165, 1.54) is 14.2 Å². The van der Waals surface area contributed by atoms with Gasteiger partial charge in [0.2, 0.25) is 5.91 Å². The molecule has 9 heteroatoms. The van der Waals surface area contributed by atoms with E-state index >= 15 is 0 Å². The van der Waals surface area contributed by atoms with Crippen LogP contribution in [0.1, 0.15) is 52.8 Å². The number of aromatic nitrogens is 2. The highest BCUT2D eigenvalue weighted by molar-refractivity contribution is 5.97. The van der Waals surface area contributed by atoms with Gasteiger partial charge >= 0.3 is 11.9 Å². The Labute approximate surface area is 239 Å². The summed E-state index contributed by atoms with van der Waals surface area (Å²) in [5.41, 5.74) is 3.92. The molecule has 0 radical (unpaired) electrons. The second-order valence-corrected chi connectivity index (χ2v) is 9.68. The second-order valence-electron chi connectivity index (χ2n) is 9.68. The van der Waals surface area contributed by atoms with Crippen molar-refractivity contribution in [2.24, 2.45) is 0 Å². The van der Waals surface area contributed by atoms with Crippen molar-refractivity contribution in [3.63, 3.8) is 0 Å². The summed E-state index contributed by atoms with van der Waals surface area (Å²) in [5.74, 6) is -0.305. The molecule has 1 amide bonds. The van der Waals surface area contributed by atoms with Crippen molar-refractivity contribution in [3.05, 3.63) is 83.9 Å². The van der Waals surface area contributed by atoms with Crippen molar-refractivity contribution >= 4 is 47.0 Å². The van der Waals surface area contributed by atoms with Gasteiger partial charge in [-0.15, -0.1) is 12.4 Å². The van der Waals surface area contributed by atoms with E-state index in [-0.39, 0.29) is 30.9 Å². The highest BCUT2D eigenvalue weighted by Crippen LogP contribution is 2.31. The molecule has 8 nitrogen and oxygen atoms in total. The van der Waals surface area contributed by atoms with Gasteiger partial charge in [0.05, 0.1) is 36.4 Å². The van der Waals surface area contributed by atoms with E-state index < -0.39 is 11.9 Å². The lowest BCUT2D eigenvalue weighted by molar-refractivity contribution is -0.119. The number of carbonyl (C=O) groups is 3. The molecule has 5 rings (SSSR count). The van der Waals surface area contributed by atoms with Crippen LogP contribution in [0.15, 0.2) is 72.8 Å². The van der Waals surface area contributed by atoms with E-state index in [4.69, 9.17) is 14.5 Å². The van der Waals surface area contributed by atoms with E-state index in [2.05, 4.69) is 0 Å². The third-order valence-corrected chi connectivity index (χ3v) is 7.27. The predicted molar refractivity (Wildman–Crippen MR) is 156 cm³/mol. The smallest absolute Gasteiger partial charge is 0.337 e. The van der Waals surface area contributed by atoms with Crippen molar-refractivity contribution < 1.29 is 23.9 Å². The predicted octanol–water partition coefficient (Wildman–Crippen LogP) is 6.06. The SMILES string of the molecule is COC(=O)c1ccc(-c2nc3ccccc3n2CC(=O)N(c2cccc(C(=O)OC)c2)C2CCCCC2)cc1.Cl. The van der Waals surface area contributed by atoms with Gasteiger partial charge in [0.15, 0.2) is 0 Å².